The summed E-state index contributed by atoms with van der Waals surface area (Å²) in [6.07, 6.45) is -3.33. The second-order valence-corrected chi connectivity index (χ2v) is 14.1. The van der Waals surface area contributed by atoms with Crippen LogP contribution >= 0.6 is 0 Å². The number of nitrogens with zero attached hydrogens (tertiary/aromatic N) is 5. The molecule has 0 aliphatic carbocycles. The zero-order chi connectivity index (χ0) is 38.3. The smallest absolute Gasteiger partial charge is 0.656 e. The molecule has 0 aliphatic heterocycles. The van der Waals surface area contributed by atoms with Gasteiger partial charge >= 0.3 is 27.2 Å². The molecule has 4 heterocycles. The third kappa shape index (κ3) is 5.66. The number of aromatic nitrogens is 5. The molecule has 7 aromatic carbocycles. The van der Waals surface area contributed by atoms with Gasteiger partial charge in [-0.25, -0.2) is 9.97 Å². The second kappa shape index (κ2) is 13.7. The maximum absolute atomic E-state index is 14.1. The van der Waals surface area contributed by atoms with E-state index in [0.29, 0.717) is 5.52 Å². The van der Waals surface area contributed by atoms with E-state index in [1.165, 1.54) is 6.20 Å². The fraction of sp³-hybridized carbons (Fsp3) is 0.0204. The Labute approximate surface area is 344 Å². The second-order valence-electron chi connectivity index (χ2n) is 14.1. The molecule has 0 unspecified atom stereocenters. The molecule has 0 N–H and O–H groups in total. The summed E-state index contributed by atoms with van der Waals surface area (Å²) >= 11 is 0. The third-order valence-electron chi connectivity index (χ3n) is 10.8. The van der Waals surface area contributed by atoms with E-state index >= 15 is 0 Å². The van der Waals surface area contributed by atoms with Crippen LogP contribution in [0.15, 0.2) is 170 Å². The Bertz CT molecular complexity index is 3350. The van der Waals surface area contributed by atoms with E-state index in [4.69, 9.17) is 9.97 Å². The summed E-state index contributed by atoms with van der Waals surface area (Å²) in [4.78, 5) is 15.0. The SMILES string of the molecule is FC(F)(F)c1ccnc(-n2c3[c-]c(-c4cccc5c4nc(-c4cccc6c4[n-]c4ccccc46)n5-c4ccccc4)ccc3c3cc(-c4ccccc4)ccc32)c1.[Pt+2]. The number of hydrogen-bond acceptors (Lipinski definition) is 2. The molecule has 0 bridgehead atoms. The van der Waals surface area contributed by atoms with E-state index in [9.17, 15) is 13.2 Å². The maximum Gasteiger partial charge on any atom is 2.00 e. The molecule has 11 rings (SSSR count). The van der Waals surface area contributed by atoms with Gasteiger partial charge in [0.25, 0.3) is 0 Å². The van der Waals surface area contributed by atoms with Crippen molar-refractivity contribution in [2.45, 2.75) is 6.18 Å². The molecule has 0 fully saturated rings. The first-order valence-electron chi connectivity index (χ1n) is 18.5. The monoisotopic (exact) mass is 938 g/mol. The molecular weight excluding hydrogens is 911 g/mol. The summed E-state index contributed by atoms with van der Waals surface area (Å²) in [5.74, 6) is 0.899. The fourth-order valence-corrected chi connectivity index (χ4v) is 8.18. The molecule has 280 valence electrons. The van der Waals surface area contributed by atoms with E-state index in [1.54, 1.807) is 4.57 Å². The molecular formula is C49H28F3N5Pt. The summed E-state index contributed by atoms with van der Waals surface area (Å²) in [5.41, 5.74) is 9.45. The van der Waals surface area contributed by atoms with Gasteiger partial charge in [0.1, 0.15) is 11.6 Å². The van der Waals surface area contributed by atoms with Crippen LogP contribution < -0.4 is 4.98 Å². The molecule has 0 spiro atoms. The largest absolute Gasteiger partial charge is 2.00 e. The number of para-hydroxylation sites is 4. The standard InChI is InChI=1S/C49H28F3N5.Pt/c50-49(51,52)33-25-26-53-45(29-33)57-42-24-22-31(30-11-3-1-4-12-30)27-40(42)37-23-21-32(28-44(37)57)35-16-10-20-43-47(35)55-48(56(43)34-13-5-2-6-14-34)39-18-9-17-38-36-15-7-8-19-41(36)54-46(38)39;/h1-27,29H;/q-2;+2. The topological polar surface area (TPSA) is 49.7 Å². The van der Waals surface area contributed by atoms with Crippen LogP contribution in [0.2, 0.25) is 0 Å². The Balaban J connectivity index is 0.00000408. The van der Waals surface area contributed by atoms with Gasteiger partial charge in [-0.15, -0.1) is 34.8 Å². The molecule has 58 heavy (non-hydrogen) atoms. The Kier molecular flexibility index (Phi) is 8.43. The Morgan fingerprint density at radius 1 is 0.569 bits per heavy atom. The minimum absolute atomic E-state index is 0. The number of benzene rings is 7. The van der Waals surface area contributed by atoms with Gasteiger partial charge < -0.3 is 9.55 Å². The van der Waals surface area contributed by atoms with Crippen molar-refractivity contribution in [1.29, 1.82) is 0 Å². The molecule has 0 atom stereocenters. The van der Waals surface area contributed by atoms with Crippen molar-refractivity contribution >= 4 is 54.6 Å². The van der Waals surface area contributed by atoms with Gasteiger partial charge in [0.15, 0.2) is 0 Å². The summed E-state index contributed by atoms with van der Waals surface area (Å²) in [6, 6.07) is 56.4. The Morgan fingerprint density at radius 3 is 2.14 bits per heavy atom. The van der Waals surface area contributed by atoms with Crippen molar-refractivity contribution in [1.82, 2.24) is 24.1 Å². The number of pyridine rings is 1. The number of rotatable bonds is 5. The molecule has 4 aromatic heterocycles. The van der Waals surface area contributed by atoms with Crippen LogP contribution in [0.5, 0.6) is 0 Å². The molecule has 0 saturated heterocycles. The minimum atomic E-state index is -4.54. The van der Waals surface area contributed by atoms with Crippen LogP contribution in [0.1, 0.15) is 5.56 Å². The van der Waals surface area contributed by atoms with Gasteiger partial charge in [0.2, 0.25) is 0 Å². The fourth-order valence-electron chi connectivity index (χ4n) is 8.18. The zero-order valence-electron chi connectivity index (χ0n) is 30.4. The average Bonchev–Trinajstić information content (AvgIpc) is 3.93. The predicted molar refractivity (Wildman–Crippen MR) is 222 cm³/mol. The van der Waals surface area contributed by atoms with E-state index in [-0.39, 0.29) is 26.9 Å². The van der Waals surface area contributed by atoms with Crippen LogP contribution in [-0.2, 0) is 27.2 Å². The summed E-state index contributed by atoms with van der Waals surface area (Å²) in [7, 11) is 0. The van der Waals surface area contributed by atoms with E-state index in [2.05, 4.69) is 58.1 Å². The van der Waals surface area contributed by atoms with Gasteiger partial charge in [-0.05, 0) is 69.2 Å². The molecule has 0 amide bonds. The van der Waals surface area contributed by atoms with Gasteiger partial charge in [-0.3, -0.25) is 4.57 Å². The predicted octanol–water partition coefficient (Wildman–Crippen LogP) is 12.6. The molecule has 11 aromatic rings. The van der Waals surface area contributed by atoms with Crippen molar-refractivity contribution in [3.8, 4) is 45.1 Å². The first-order chi connectivity index (χ1) is 27.9. The number of alkyl halides is 3. The van der Waals surface area contributed by atoms with Gasteiger partial charge in [0, 0.05) is 23.0 Å². The Hall–Kier alpha value is -6.76. The van der Waals surface area contributed by atoms with Gasteiger partial charge in [-0.1, -0.05) is 126 Å². The van der Waals surface area contributed by atoms with E-state index in [1.807, 2.05) is 109 Å². The van der Waals surface area contributed by atoms with Crippen LogP contribution in [0.3, 0.4) is 0 Å². The Morgan fingerprint density at radius 2 is 1.31 bits per heavy atom. The maximum atomic E-state index is 14.1. The molecule has 0 saturated carbocycles. The molecule has 0 radical (unpaired) electrons. The van der Waals surface area contributed by atoms with Crippen molar-refractivity contribution < 1.29 is 34.2 Å². The first kappa shape index (κ1) is 35.6. The van der Waals surface area contributed by atoms with Crippen molar-refractivity contribution in [3.05, 3.63) is 182 Å². The third-order valence-corrected chi connectivity index (χ3v) is 10.8. The zero-order valence-corrected chi connectivity index (χ0v) is 32.6. The number of hydrogen-bond donors (Lipinski definition) is 0. The van der Waals surface area contributed by atoms with Crippen LogP contribution in [0, 0.1) is 6.07 Å². The summed E-state index contributed by atoms with van der Waals surface area (Å²) < 4.78 is 46.2. The molecule has 9 heteroatoms. The number of halogens is 3. The molecule has 0 aliphatic rings. The van der Waals surface area contributed by atoms with Crippen molar-refractivity contribution in [2.75, 3.05) is 0 Å². The summed E-state index contributed by atoms with van der Waals surface area (Å²) in [6.45, 7) is 0. The van der Waals surface area contributed by atoms with Crippen molar-refractivity contribution in [2.24, 2.45) is 0 Å². The van der Waals surface area contributed by atoms with E-state index in [0.717, 1.165) is 101 Å². The average molecular weight is 939 g/mol. The van der Waals surface area contributed by atoms with Crippen LogP contribution in [0.4, 0.5) is 13.2 Å². The molecule has 5 nitrogen and oxygen atoms in total. The number of imidazole rings is 1. The van der Waals surface area contributed by atoms with E-state index < -0.39 is 11.7 Å². The minimum Gasteiger partial charge on any atom is -0.656 e. The number of fused-ring (bicyclic) bond motifs is 7. The normalized spacial score (nSPS) is 11.9. The van der Waals surface area contributed by atoms with Crippen LogP contribution in [-0.4, -0.2) is 19.1 Å². The van der Waals surface area contributed by atoms with Gasteiger partial charge in [0.05, 0.1) is 16.6 Å². The quantitative estimate of drug-likeness (QED) is 0.162. The first-order valence-corrected chi connectivity index (χ1v) is 18.5. The van der Waals surface area contributed by atoms with Crippen LogP contribution in [0.25, 0.3) is 99.8 Å². The van der Waals surface area contributed by atoms with Gasteiger partial charge in [-0.2, -0.15) is 13.2 Å². The summed E-state index contributed by atoms with van der Waals surface area (Å²) in [5, 5.41) is 3.86. The van der Waals surface area contributed by atoms with Crippen molar-refractivity contribution in [3.63, 3.8) is 0 Å².